The molecule has 0 fully saturated rings. The zero-order chi connectivity index (χ0) is 13.8. The molecule has 0 aliphatic heterocycles. The number of nitrogens with two attached hydrogens (primary N) is 1. The number of phenolic OH excluding ortho intramolecular Hbond substituents is 2. The van der Waals surface area contributed by atoms with Crippen LogP contribution in [0, 0.1) is 0 Å². The molecular weight excluding hydrogens is 257 g/mol. The number of aromatic hydroxyl groups is 2. The Morgan fingerprint density at radius 1 is 1.28 bits per heavy atom. The van der Waals surface area contributed by atoms with Crippen LogP contribution < -0.4 is 5.73 Å². The van der Waals surface area contributed by atoms with Crippen LogP contribution in [0.4, 0.5) is 0 Å². The minimum absolute atomic E-state index is 0.105. The van der Waals surface area contributed by atoms with Gasteiger partial charge in [0, 0.05) is 11.6 Å². The molecule has 102 valence electrons. The second kappa shape index (κ2) is 6.20. The molecule has 0 unspecified atom stereocenters. The molecule has 0 aliphatic carbocycles. The molecule has 1 atom stereocenters. The molecule has 0 amide bonds. The Hall–Kier alpha value is -1.07. The zero-order valence-electron chi connectivity index (χ0n) is 10.4. The summed E-state index contributed by atoms with van der Waals surface area (Å²) >= 11 is 0. The van der Waals surface area contributed by atoms with Gasteiger partial charge in [0.2, 0.25) is 0 Å². The normalized spacial score (nSPS) is 13.5. The topological polar surface area (TPSA) is 102 Å². The van der Waals surface area contributed by atoms with Gasteiger partial charge in [0.1, 0.15) is 17.3 Å². The molecule has 18 heavy (non-hydrogen) atoms. The molecule has 0 aromatic heterocycles. The number of rotatable bonds is 6. The summed E-state index contributed by atoms with van der Waals surface area (Å²) in [5.41, 5.74) is 6.05. The molecule has 0 saturated carbocycles. The number of hydrogen-bond acceptors (Lipinski definition) is 6. The first-order chi connectivity index (χ1) is 8.44. The highest BCUT2D eigenvalue weighted by molar-refractivity contribution is 7.54. The third-order valence-corrected chi connectivity index (χ3v) is 4.49. The van der Waals surface area contributed by atoms with Crippen LogP contribution in [0.25, 0.3) is 0 Å². The highest BCUT2D eigenvalue weighted by Crippen LogP contribution is 2.59. The Labute approximate surface area is 106 Å². The summed E-state index contributed by atoms with van der Waals surface area (Å²) in [6.45, 7) is 3.72. The lowest BCUT2D eigenvalue weighted by Gasteiger charge is -2.23. The largest absolute Gasteiger partial charge is 0.508 e. The van der Waals surface area contributed by atoms with Crippen LogP contribution in [0.15, 0.2) is 18.2 Å². The Morgan fingerprint density at radius 3 is 2.28 bits per heavy atom. The molecule has 7 heteroatoms. The molecule has 0 spiro atoms. The van der Waals surface area contributed by atoms with Crippen molar-refractivity contribution in [3.05, 3.63) is 23.8 Å². The van der Waals surface area contributed by atoms with Gasteiger partial charge in [0.25, 0.3) is 0 Å². The molecule has 4 N–H and O–H groups in total. The van der Waals surface area contributed by atoms with Gasteiger partial charge < -0.3 is 25.0 Å². The quantitative estimate of drug-likeness (QED) is 0.688. The second-order valence-electron chi connectivity index (χ2n) is 3.56. The Balaban J connectivity index is 3.09. The summed E-state index contributed by atoms with van der Waals surface area (Å²) in [4.78, 5) is 0. The van der Waals surface area contributed by atoms with Crippen LogP contribution in [0.5, 0.6) is 11.5 Å². The van der Waals surface area contributed by atoms with Gasteiger partial charge in [-0.05, 0) is 26.0 Å². The zero-order valence-corrected chi connectivity index (χ0v) is 11.3. The van der Waals surface area contributed by atoms with E-state index in [4.69, 9.17) is 14.8 Å². The average Bonchev–Trinajstić information content (AvgIpc) is 2.29. The molecule has 0 bridgehead atoms. The van der Waals surface area contributed by atoms with Crippen LogP contribution >= 0.6 is 7.60 Å². The van der Waals surface area contributed by atoms with Crippen LogP contribution in [0.2, 0.25) is 0 Å². The minimum Gasteiger partial charge on any atom is -0.508 e. The molecule has 0 heterocycles. The van der Waals surface area contributed by atoms with E-state index in [9.17, 15) is 14.8 Å². The molecular formula is C11H18NO5P. The SMILES string of the molecule is CCOP(=O)(OCC)[C@H](N)c1ccc(O)cc1O. The number of hydrogen-bond donors (Lipinski definition) is 3. The van der Waals surface area contributed by atoms with Crippen molar-refractivity contribution in [3.63, 3.8) is 0 Å². The molecule has 0 radical (unpaired) electrons. The summed E-state index contributed by atoms with van der Waals surface area (Å²) in [5.74, 6) is -1.45. The van der Waals surface area contributed by atoms with Crippen molar-refractivity contribution in [2.24, 2.45) is 5.73 Å². The minimum atomic E-state index is -3.54. The smallest absolute Gasteiger partial charge is 0.351 e. The Kier molecular flexibility index (Phi) is 5.16. The summed E-state index contributed by atoms with van der Waals surface area (Å²) in [5, 5.41) is 18.9. The van der Waals surface area contributed by atoms with Gasteiger partial charge in [-0.3, -0.25) is 4.57 Å². The van der Waals surface area contributed by atoms with Gasteiger partial charge in [0.15, 0.2) is 0 Å². The van der Waals surface area contributed by atoms with Gasteiger partial charge in [-0.2, -0.15) is 0 Å². The first-order valence-corrected chi connectivity index (χ1v) is 7.22. The van der Waals surface area contributed by atoms with E-state index in [1.54, 1.807) is 13.8 Å². The van der Waals surface area contributed by atoms with Gasteiger partial charge in [0.05, 0.1) is 13.2 Å². The lowest BCUT2D eigenvalue weighted by molar-refractivity contribution is 0.212. The second-order valence-corrected chi connectivity index (χ2v) is 5.72. The van der Waals surface area contributed by atoms with Gasteiger partial charge >= 0.3 is 7.60 Å². The Bertz CT molecular complexity index is 441. The molecule has 1 aromatic rings. The average molecular weight is 275 g/mol. The van der Waals surface area contributed by atoms with E-state index in [0.717, 1.165) is 6.07 Å². The van der Waals surface area contributed by atoms with Crippen molar-refractivity contribution >= 4 is 7.60 Å². The van der Waals surface area contributed by atoms with Gasteiger partial charge in [-0.1, -0.05) is 0 Å². The summed E-state index contributed by atoms with van der Waals surface area (Å²) in [7, 11) is -3.54. The summed E-state index contributed by atoms with van der Waals surface area (Å²) in [6.07, 6.45) is 0. The summed E-state index contributed by atoms with van der Waals surface area (Å²) < 4.78 is 22.6. The number of benzene rings is 1. The lowest BCUT2D eigenvalue weighted by Crippen LogP contribution is -2.15. The van der Waals surface area contributed by atoms with Crippen molar-refractivity contribution in [1.82, 2.24) is 0 Å². The fraction of sp³-hybridized carbons (Fsp3) is 0.455. The molecule has 6 nitrogen and oxygen atoms in total. The number of phenols is 2. The van der Waals surface area contributed by atoms with E-state index < -0.39 is 13.4 Å². The van der Waals surface area contributed by atoms with Crippen molar-refractivity contribution in [2.45, 2.75) is 19.6 Å². The van der Waals surface area contributed by atoms with Crippen LogP contribution in [0.1, 0.15) is 25.2 Å². The maximum absolute atomic E-state index is 12.4. The van der Waals surface area contributed by atoms with E-state index in [-0.39, 0.29) is 30.3 Å². The van der Waals surface area contributed by atoms with Crippen molar-refractivity contribution < 1.29 is 23.8 Å². The first kappa shape index (κ1) is 15.0. The van der Waals surface area contributed by atoms with Crippen LogP contribution in [0.3, 0.4) is 0 Å². The van der Waals surface area contributed by atoms with E-state index in [2.05, 4.69) is 0 Å². The molecule has 0 saturated heterocycles. The van der Waals surface area contributed by atoms with Gasteiger partial charge in [-0.15, -0.1) is 0 Å². The molecule has 1 rings (SSSR count). The molecule has 0 aliphatic rings. The third kappa shape index (κ3) is 3.23. The predicted octanol–water partition coefficient (Wildman–Crippen LogP) is 2.32. The van der Waals surface area contributed by atoms with E-state index in [0.29, 0.717) is 0 Å². The molecule has 1 aromatic carbocycles. The first-order valence-electron chi connectivity index (χ1n) is 5.60. The van der Waals surface area contributed by atoms with Crippen molar-refractivity contribution in [3.8, 4) is 11.5 Å². The fourth-order valence-electron chi connectivity index (χ4n) is 1.51. The highest BCUT2D eigenvalue weighted by atomic mass is 31.2. The Morgan fingerprint density at radius 2 is 1.83 bits per heavy atom. The van der Waals surface area contributed by atoms with Crippen LogP contribution in [-0.2, 0) is 13.6 Å². The van der Waals surface area contributed by atoms with E-state index in [1.807, 2.05) is 0 Å². The fourth-order valence-corrected chi connectivity index (χ4v) is 3.18. The van der Waals surface area contributed by atoms with Gasteiger partial charge in [-0.25, -0.2) is 0 Å². The standard InChI is InChI=1S/C11H18NO5P/c1-3-16-18(15,17-4-2)11(12)9-6-5-8(13)7-10(9)14/h5-7,11,13-14H,3-4,12H2,1-2H3/t11-/m0/s1. The van der Waals surface area contributed by atoms with E-state index >= 15 is 0 Å². The predicted molar refractivity (Wildman–Crippen MR) is 67.6 cm³/mol. The van der Waals surface area contributed by atoms with Crippen molar-refractivity contribution in [2.75, 3.05) is 13.2 Å². The highest BCUT2D eigenvalue weighted by Gasteiger charge is 2.35. The third-order valence-electron chi connectivity index (χ3n) is 2.29. The van der Waals surface area contributed by atoms with Crippen molar-refractivity contribution in [1.29, 1.82) is 0 Å². The maximum atomic E-state index is 12.4. The maximum Gasteiger partial charge on any atom is 0.351 e. The van der Waals surface area contributed by atoms with E-state index in [1.165, 1.54) is 12.1 Å². The summed E-state index contributed by atoms with van der Waals surface area (Å²) in [6, 6.07) is 3.86. The lowest BCUT2D eigenvalue weighted by atomic mass is 10.2. The monoisotopic (exact) mass is 275 g/mol. The van der Waals surface area contributed by atoms with Crippen LogP contribution in [-0.4, -0.2) is 23.4 Å².